The van der Waals surface area contributed by atoms with E-state index in [4.69, 9.17) is 4.74 Å². The van der Waals surface area contributed by atoms with E-state index in [1.165, 1.54) is 5.56 Å². The van der Waals surface area contributed by atoms with E-state index in [-0.39, 0.29) is 0 Å². The molecule has 2 heteroatoms. The summed E-state index contributed by atoms with van der Waals surface area (Å²) in [5, 5.41) is 3.31. The van der Waals surface area contributed by atoms with Gasteiger partial charge >= 0.3 is 0 Å². The zero-order valence-corrected chi connectivity index (χ0v) is 10.7. The Kier molecular flexibility index (Phi) is 7.15. The standard InChI is InChI=1S/C15H23NO/c1-3-9-14-10-5-6-11-15(14)17-13-8-7-12-16-4-2/h3,5-6,10-11,16H,1,4,7-9,12-13H2,2H3. The number of ether oxygens (including phenoxy) is 1. The molecule has 0 fully saturated rings. The number of hydrogen-bond acceptors (Lipinski definition) is 2. The molecule has 0 saturated carbocycles. The minimum Gasteiger partial charge on any atom is -0.493 e. The van der Waals surface area contributed by atoms with Crippen LogP contribution < -0.4 is 10.1 Å². The maximum Gasteiger partial charge on any atom is 0.122 e. The topological polar surface area (TPSA) is 21.3 Å². The van der Waals surface area contributed by atoms with Gasteiger partial charge in [-0.15, -0.1) is 6.58 Å². The van der Waals surface area contributed by atoms with E-state index in [1.54, 1.807) is 0 Å². The lowest BCUT2D eigenvalue weighted by Crippen LogP contribution is -2.14. The minimum absolute atomic E-state index is 0.791. The van der Waals surface area contributed by atoms with Crippen molar-refractivity contribution in [1.29, 1.82) is 0 Å². The fourth-order valence-corrected chi connectivity index (χ4v) is 1.68. The fraction of sp³-hybridized carbons (Fsp3) is 0.467. The van der Waals surface area contributed by atoms with Crippen LogP contribution in [0.3, 0.4) is 0 Å². The highest BCUT2D eigenvalue weighted by Crippen LogP contribution is 2.18. The first-order valence-corrected chi connectivity index (χ1v) is 6.40. The summed E-state index contributed by atoms with van der Waals surface area (Å²) in [5.74, 6) is 0.996. The van der Waals surface area contributed by atoms with Gasteiger partial charge in [0.25, 0.3) is 0 Å². The summed E-state index contributed by atoms with van der Waals surface area (Å²) < 4.78 is 5.79. The molecule has 0 aliphatic heterocycles. The molecule has 0 amide bonds. The van der Waals surface area contributed by atoms with Crippen molar-refractivity contribution in [1.82, 2.24) is 5.32 Å². The summed E-state index contributed by atoms with van der Waals surface area (Å²) in [4.78, 5) is 0. The smallest absolute Gasteiger partial charge is 0.122 e. The Morgan fingerprint density at radius 3 is 2.88 bits per heavy atom. The van der Waals surface area contributed by atoms with Crippen LogP contribution in [0.1, 0.15) is 25.3 Å². The van der Waals surface area contributed by atoms with E-state index in [0.29, 0.717) is 0 Å². The first-order chi connectivity index (χ1) is 8.38. The molecule has 2 nitrogen and oxygen atoms in total. The molecule has 94 valence electrons. The number of benzene rings is 1. The van der Waals surface area contributed by atoms with Crippen LogP contribution in [0.4, 0.5) is 0 Å². The molecule has 1 aromatic carbocycles. The molecule has 0 heterocycles. The Morgan fingerprint density at radius 1 is 1.29 bits per heavy atom. The van der Waals surface area contributed by atoms with Crippen LogP contribution in [-0.4, -0.2) is 19.7 Å². The third-order valence-electron chi connectivity index (χ3n) is 2.59. The number of allylic oxidation sites excluding steroid dienone is 1. The van der Waals surface area contributed by atoms with Crippen LogP contribution in [0.2, 0.25) is 0 Å². The molecule has 0 bridgehead atoms. The zero-order valence-electron chi connectivity index (χ0n) is 10.7. The van der Waals surface area contributed by atoms with Gasteiger partial charge in [-0.25, -0.2) is 0 Å². The summed E-state index contributed by atoms with van der Waals surface area (Å²) in [5.41, 5.74) is 1.22. The Balaban J connectivity index is 2.28. The van der Waals surface area contributed by atoms with Gasteiger partial charge in [0.15, 0.2) is 0 Å². The summed E-state index contributed by atoms with van der Waals surface area (Å²) in [6.45, 7) is 8.80. The van der Waals surface area contributed by atoms with Gasteiger partial charge in [-0.2, -0.15) is 0 Å². The minimum atomic E-state index is 0.791. The number of rotatable bonds is 9. The number of nitrogens with one attached hydrogen (secondary N) is 1. The fourth-order valence-electron chi connectivity index (χ4n) is 1.68. The van der Waals surface area contributed by atoms with Gasteiger partial charge in [0.05, 0.1) is 6.61 Å². The number of unbranched alkanes of at least 4 members (excludes halogenated alkanes) is 1. The van der Waals surface area contributed by atoms with Crippen molar-refractivity contribution in [3.63, 3.8) is 0 Å². The van der Waals surface area contributed by atoms with Crippen molar-refractivity contribution < 1.29 is 4.74 Å². The van der Waals surface area contributed by atoms with Crippen LogP contribution in [0.15, 0.2) is 36.9 Å². The predicted octanol–water partition coefficient (Wildman–Crippen LogP) is 3.18. The SMILES string of the molecule is C=CCc1ccccc1OCCCCNCC. The summed E-state index contributed by atoms with van der Waals surface area (Å²) in [7, 11) is 0. The second-order valence-electron chi connectivity index (χ2n) is 4.01. The van der Waals surface area contributed by atoms with Crippen molar-refractivity contribution in [2.45, 2.75) is 26.2 Å². The highest BCUT2D eigenvalue weighted by Gasteiger charge is 2.00. The van der Waals surface area contributed by atoms with Gasteiger partial charge in [0.1, 0.15) is 5.75 Å². The second-order valence-corrected chi connectivity index (χ2v) is 4.01. The average Bonchev–Trinajstić information content (AvgIpc) is 2.36. The third kappa shape index (κ3) is 5.55. The molecule has 17 heavy (non-hydrogen) atoms. The molecule has 0 saturated heterocycles. The molecule has 0 aromatic heterocycles. The molecule has 1 N–H and O–H groups in total. The normalized spacial score (nSPS) is 10.2. The van der Waals surface area contributed by atoms with E-state index in [1.807, 2.05) is 24.3 Å². The summed E-state index contributed by atoms with van der Waals surface area (Å²) in [6.07, 6.45) is 5.04. The van der Waals surface area contributed by atoms with E-state index in [2.05, 4.69) is 24.9 Å². The molecular formula is C15H23NO. The zero-order chi connectivity index (χ0) is 12.3. The van der Waals surface area contributed by atoms with E-state index < -0.39 is 0 Å². The van der Waals surface area contributed by atoms with Crippen molar-refractivity contribution >= 4 is 0 Å². The highest BCUT2D eigenvalue weighted by atomic mass is 16.5. The van der Waals surface area contributed by atoms with Crippen molar-refractivity contribution in [3.8, 4) is 5.75 Å². The second kappa shape index (κ2) is 8.82. The summed E-state index contributed by atoms with van der Waals surface area (Å²) in [6, 6.07) is 8.18. The largest absolute Gasteiger partial charge is 0.493 e. The van der Waals surface area contributed by atoms with E-state index in [0.717, 1.165) is 44.7 Å². The van der Waals surface area contributed by atoms with Crippen LogP contribution >= 0.6 is 0 Å². The van der Waals surface area contributed by atoms with Gasteiger partial charge in [-0.05, 0) is 44.0 Å². The Hall–Kier alpha value is -1.28. The van der Waals surface area contributed by atoms with Gasteiger partial charge in [-0.3, -0.25) is 0 Å². The molecular weight excluding hydrogens is 210 g/mol. The molecule has 0 unspecified atom stereocenters. The molecule has 0 atom stereocenters. The van der Waals surface area contributed by atoms with E-state index in [9.17, 15) is 0 Å². The Bertz CT molecular complexity index is 322. The third-order valence-corrected chi connectivity index (χ3v) is 2.59. The molecule has 0 radical (unpaired) electrons. The lowest BCUT2D eigenvalue weighted by atomic mass is 10.1. The lowest BCUT2D eigenvalue weighted by Gasteiger charge is -2.10. The number of para-hydroxylation sites is 1. The highest BCUT2D eigenvalue weighted by molar-refractivity contribution is 5.34. The molecule has 1 aromatic rings. The first kappa shape index (κ1) is 13.8. The average molecular weight is 233 g/mol. The first-order valence-electron chi connectivity index (χ1n) is 6.40. The van der Waals surface area contributed by atoms with Crippen LogP contribution in [0.25, 0.3) is 0 Å². The lowest BCUT2D eigenvalue weighted by molar-refractivity contribution is 0.303. The Morgan fingerprint density at radius 2 is 2.12 bits per heavy atom. The van der Waals surface area contributed by atoms with Gasteiger partial charge in [-0.1, -0.05) is 31.2 Å². The van der Waals surface area contributed by atoms with Crippen LogP contribution in [0, 0.1) is 0 Å². The van der Waals surface area contributed by atoms with Crippen molar-refractivity contribution in [2.75, 3.05) is 19.7 Å². The Labute approximate surface area is 105 Å². The molecule has 0 spiro atoms. The molecule has 0 aliphatic carbocycles. The summed E-state index contributed by atoms with van der Waals surface area (Å²) >= 11 is 0. The maximum absolute atomic E-state index is 5.79. The van der Waals surface area contributed by atoms with Crippen LogP contribution in [0.5, 0.6) is 5.75 Å². The van der Waals surface area contributed by atoms with Crippen molar-refractivity contribution in [2.24, 2.45) is 0 Å². The van der Waals surface area contributed by atoms with Gasteiger partial charge < -0.3 is 10.1 Å². The maximum atomic E-state index is 5.79. The number of hydrogen-bond donors (Lipinski definition) is 1. The van der Waals surface area contributed by atoms with Gasteiger partial charge in [0.2, 0.25) is 0 Å². The van der Waals surface area contributed by atoms with Crippen LogP contribution in [-0.2, 0) is 6.42 Å². The van der Waals surface area contributed by atoms with Gasteiger partial charge in [0, 0.05) is 0 Å². The molecule has 0 aliphatic rings. The van der Waals surface area contributed by atoms with Crippen molar-refractivity contribution in [3.05, 3.63) is 42.5 Å². The van der Waals surface area contributed by atoms with E-state index >= 15 is 0 Å². The monoisotopic (exact) mass is 233 g/mol. The quantitative estimate of drug-likeness (QED) is 0.522. The molecule has 1 rings (SSSR count). The predicted molar refractivity (Wildman–Crippen MR) is 73.6 cm³/mol.